The number of ether oxygens (including phenoxy) is 1. The summed E-state index contributed by atoms with van der Waals surface area (Å²) in [4.78, 5) is 29.2. The van der Waals surface area contributed by atoms with Gasteiger partial charge in [-0.15, -0.1) is 5.10 Å². The molecule has 8 nitrogen and oxygen atoms in total. The Morgan fingerprint density at radius 1 is 1.33 bits per heavy atom. The third-order valence-electron chi connectivity index (χ3n) is 4.34. The lowest BCUT2D eigenvalue weighted by Crippen LogP contribution is -2.39. The van der Waals surface area contributed by atoms with Crippen LogP contribution in [0, 0.1) is 0 Å². The maximum atomic E-state index is 12.5. The van der Waals surface area contributed by atoms with Gasteiger partial charge in [-0.2, -0.15) is 0 Å². The summed E-state index contributed by atoms with van der Waals surface area (Å²) < 4.78 is 6.60. The van der Waals surface area contributed by atoms with Gasteiger partial charge in [0.2, 0.25) is 11.8 Å². The van der Waals surface area contributed by atoms with E-state index in [2.05, 4.69) is 21.5 Å². The summed E-state index contributed by atoms with van der Waals surface area (Å²) in [5, 5.41) is 8.07. The molecule has 0 fully saturated rings. The first kappa shape index (κ1) is 18.5. The Labute approximate surface area is 157 Å². The van der Waals surface area contributed by atoms with Crippen molar-refractivity contribution in [3.63, 3.8) is 0 Å². The minimum atomic E-state index is -0.313. The van der Waals surface area contributed by atoms with Gasteiger partial charge >= 0.3 is 0 Å². The molecular weight excluding hydrogens is 346 g/mol. The highest BCUT2D eigenvalue weighted by Gasteiger charge is 2.21. The van der Waals surface area contributed by atoms with Crippen molar-refractivity contribution in [1.29, 1.82) is 0 Å². The molecule has 1 aromatic carbocycles. The van der Waals surface area contributed by atoms with Gasteiger partial charge in [-0.1, -0.05) is 18.2 Å². The average molecular weight is 369 g/mol. The number of rotatable bonds is 7. The largest absolute Gasteiger partial charge is 0.479 e. The highest BCUT2D eigenvalue weighted by atomic mass is 16.5. The summed E-state index contributed by atoms with van der Waals surface area (Å²) in [5.74, 6) is -0.283. The highest BCUT2D eigenvalue weighted by molar-refractivity contribution is 5.98. The minimum Gasteiger partial charge on any atom is -0.479 e. The third-order valence-corrected chi connectivity index (χ3v) is 4.34. The molecular formula is C19H23N5O3. The van der Waals surface area contributed by atoms with Crippen molar-refractivity contribution in [3.05, 3.63) is 47.8 Å². The van der Waals surface area contributed by atoms with Gasteiger partial charge < -0.3 is 19.9 Å². The number of aromatic amines is 1. The van der Waals surface area contributed by atoms with E-state index in [4.69, 9.17) is 4.74 Å². The van der Waals surface area contributed by atoms with Crippen molar-refractivity contribution in [2.45, 2.75) is 6.42 Å². The van der Waals surface area contributed by atoms with Crippen molar-refractivity contribution in [2.24, 2.45) is 7.05 Å². The van der Waals surface area contributed by atoms with Crippen LogP contribution >= 0.6 is 0 Å². The summed E-state index contributed by atoms with van der Waals surface area (Å²) in [6, 6.07) is 8.04. The topological polar surface area (TPSA) is 92.2 Å². The molecule has 0 unspecified atom stereocenters. The highest BCUT2D eigenvalue weighted by Crippen LogP contribution is 2.18. The van der Waals surface area contributed by atoms with Crippen LogP contribution in [0.2, 0.25) is 0 Å². The predicted octanol–water partition coefficient (Wildman–Crippen LogP) is 1.34. The number of carbonyl (C=O) groups is 2. The van der Waals surface area contributed by atoms with Crippen LogP contribution < -0.4 is 10.1 Å². The van der Waals surface area contributed by atoms with Gasteiger partial charge in [0.15, 0.2) is 0 Å². The molecule has 0 saturated carbocycles. The number of methoxy groups -OCH3 is 1. The van der Waals surface area contributed by atoms with E-state index < -0.39 is 0 Å². The van der Waals surface area contributed by atoms with E-state index in [-0.39, 0.29) is 24.2 Å². The number of hydrogen-bond donors (Lipinski definition) is 2. The van der Waals surface area contributed by atoms with Crippen LogP contribution in [0.1, 0.15) is 15.9 Å². The monoisotopic (exact) mass is 369 g/mol. The number of aryl methyl sites for hydroxylation is 1. The zero-order valence-electron chi connectivity index (χ0n) is 15.7. The van der Waals surface area contributed by atoms with Gasteiger partial charge in [0.1, 0.15) is 5.56 Å². The quantitative estimate of drug-likeness (QED) is 0.657. The van der Waals surface area contributed by atoms with Crippen molar-refractivity contribution in [3.8, 4) is 5.88 Å². The molecule has 0 atom stereocenters. The number of aromatic nitrogens is 3. The van der Waals surface area contributed by atoms with E-state index >= 15 is 0 Å². The van der Waals surface area contributed by atoms with E-state index in [0.717, 1.165) is 16.5 Å². The van der Waals surface area contributed by atoms with Crippen LogP contribution in [-0.2, 0) is 18.3 Å². The molecule has 3 aromatic rings. The summed E-state index contributed by atoms with van der Waals surface area (Å²) in [5.41, 5.74) is 2.55. The minimum absolute atomic E-state index is 0.0369. The zero-order chi connectivity index (χ0) is 19.4. The number of carbonyl (C=O) groups excluding carboxylic acids is 2. The first-order chi connectivity index (χ1) is 13.0. The number of amides is 2. The summed E-state index contributed by atoms with van der Waals surface area (Å²) in [6.45, 7) is 0.462. The van der Waals surface area contributed by atoms with E-state index in [1.165, 1.54) is 16.7 Å². The van der Waals surface area contributed by atoms with Crippen molar-refractivity contribution >= 4 is 22.7 Å². The molecule has 0 spiro atoms. The lowest BCUT2D eigenvalue weighted by molar-refractivity contribution is -0.121. The molecule has 0 aliphatic carbocycles. The van der Waals surface area contributed by atoms with Crippen molar-refractivity contribution < 1.29 is 14.3 Å². The van der Waals surface area contributed by atoms with Gasteiger partial charge in [0.25, 0.3) is 5.91 Å². The van der Waals surface area contributed by atoms with Gasteiger partial charge in [-0.25, -0.2) is 0 Å². The van der Waals surface area contributed by atoms with E-state index in [1.54, 1.807) is 20.3 Å². The van der Waals surface area contributed by atoms with Crippen LogP contribution in [0.25, 0.3) is 10.9 Å². The number of nitrogens with zero attached hydrogens (tertiary/aromatic N) is 3. The van der Waals surface area contributed by atoms with Crippen LogP contribution in [-0.4, -0.2) is 58.7 Å². The van der Waals surface area contributed by atoms with Gasteiger partial charge in [-0.3, -0.25) is 14.3 Å². The molecule has 2 heterocycles. The Hall–Kier alpha value is -3.29. The Morgan fingerprint density at radius 2 is 2.11 bits per heavy atom. The Kier molecular flexibility index (Phi) is 5.44. The second-order valence-electron chi connectivity index (χ2n) is 6.35. The maximum Gasteiger partial charge on any atom is 0.261 e. The average Bonchev–Trinajstić information content (AvgIpc) is 3.24. The Bertz CT molecular complexity index is 959. The molecule has 27 heavy (non-hydrogen) atoms. The van der Waals surface area contributed by atoms with E-state index in [9.17, 15) is 9.59 Å². The lowest BCUT2D eigenvalue weighted by atomic mass is 10.1. The second-order valence-corrected chi connectivity index (χ2v) is 6.35. The third kappa shape index (κ3) is 4.11. The Morgan fingerprint density at radius 3 is 2.89 bits per heavy atom. The standard InChI is InChI=1S/C19H23N5O3/c1-23(19(26)15-11-24(2)22-18(15)27-3)12-17(25)20-9-8-13-10-21-16-7-5-4-6-14(13)16/h4-7,10-11,21H,8-9,12H2,1-3H3,(H,20,25). The van der Waals surface area contributed by atoms with Crippen LogP contribution in [0.5, 0.6) is 5.88 Å². The predicted molar refractivity (Wildman–Crippen MR) is 102 cm³/mol. The molecule has 0 radical (unpaired) electrons. The summed E-state index contributed by atoms with van der Waals surface area (Å²) in [6.07, 6.45) is 4.25. The van der Waals surface area contributed by atoms with Gasteiger partial charge in [0.05, 0.1) is 13.7 Å². The van der Waals surface area contributed by atoms with Crippen molar-refractivity contribution in [2.75, 3.05) is 27.2 Å². The molecule has 0 saturated heterocycles. The fourth-order valence-electron chi connectivity index (χ4n) is 2.99. The first-order valence-electron chi connectivity index (χ1n) is 8.64. The molecule has 0 aliphatic rings. The normalized spacial score (nSPS) is 10.8. The molecule has 2 N–H and O–H groups in total. The molecule has 2 amide bonds. The van der Waals surface area contributed by atoms with E-state index in [0.29, 0.717) is 18.5 Å². The van der Waals surface area contributed by atoms with Crippen molar-refractivity contribution in [1.82, 2.24) is 25.0 Å². The number of hydrogen-bond acceptors (Lipinski definition) is 4. The Balaban J connectivity index is 1.52. The number of likely N-dealkylation sites (N-methyl/N-ethyl adjacent to an activating group) is 1. The molecule has 8 heteroatoms. The zero-order valence-corrected chi connectivity index (χ0v) is 15.7. The van der Waals surface area contributed by atoms with Crippen LogP contribution in [0.15, 0.2) is 36.7 Å². The van der Waals surface area contributed by atoms with Gasteiger partial charge in [0, 0.05) is 43.9 Å². The lowest BCUT2D eigenvalue weighted by Gasteiger charge is -2.16. The smallest absolute Gasteiger partial charge is 0.261 e. The number of nitrogens with one attached hydrogen (secondary N) is 2. The van der Waals surface area contributed by atoms with Gasteiger partial charge in [-0.05, 0) is 18.1 Å². The molecule has 3 rings (SSSR count). The van der Waals surface area contributed by atoms with Crippen LogP contribution in [0.3, 0.4) is 0 Å². The van der Waals surface area contributed by atoms with Crippen LogP contribution in [0.4, 0.5) is 0 Å². The molecule has 0 aliphatic heterocycles. The molecule has 0 bridgehead atoms. The van der Waals surface area contributed by atoms with E-state index in [1.807, 2.05) is 24.4 Å². The fourth-order valence-corrected chi connectivity index (χ4v) is 2.99. The summed E-state index contributed by atoms with van der Waals surface area (Å²) in [7, 11) is 4.74. The number of para-hydroxylation sites is 1. The molecule has 142 valence electrons. The summed E-state index contributed by atoms with van der Waals surface area (Å²) >= 11 is 0. The number of H-pyrrole nitrogens is 1. The second kappa shape index (κ2) is 7.94. The number of benzene rings is 1. The fraction of sp³-hybridized carbons (Fsp3) is 0.316. The number of fused-ring (bicyclic) bond motifs is 1. The first-order valence-corrected chi connectivity index (χ1v) is 8.64. The maximum absolute atomic E-state index is 12.5. The SMILES string of the molecule is COc1nn(C)cc1C(=O)N(C)CC(=O)NCCc1c[nH]c2ccccc12. The molecule has 2 aromatic heterocycles.